The number of aliphatic carboxylic acids is 1. The minimum Gasteiger partial charge on any atom is -0.496 e. The van der Waals surface area contributed by atoms with Gasteiger partial charge in [-0.2, -0.15) is 0 Å². The summed E-state index contributed by atoms with van der Waals surface area (Å²) in [7, 11) is 1.63. The molecule has 1 N–H and O–H groups in total. The van der Waals surface area contributed by atoms with Gasteiger partial charge in [-0.25, -0.2) is 0 Å². The molecule has 2 aromatic rings. The van der Waals surface area contributed by atoms with Crippen LogP contribution >= 0.6 is 31.9 Å². The van der Waals surface area contributed by atoms with E-state index in [0.717, 1.165) is 22.1 Å². The second-order valence-corrected chi connectivity index (χ2v) is 6.06. The lowest BCUT2D eigenvalue weighted by atomic mass is 10.0. The first kappa shape index (κ1) is 14.3. The van der Waals surface area contributed by atoms with E-state index in [9.17, 15) is 4.79 Å². The highest BCUT2D eigenvalue weighted by atomic mass is 79.9. The molecule has 2 unspecified atom stereocenters. The molecule has 3 nitrogen and oxygen atoms in total. The number of halogens is 2. The van der Waals surface area contributed by atoms with Crippen molar-refractivity contribution in [2.24, 2.45) is 0 Å². The summed E-state index contributed by atoms with van der Waals surface area (Å²) in [6, 6.07) is 11.6. The maximum Gasteiger partial charge on any atom is 0.318 e. The monoisotopic (exact) mass is 386 g/mol. The van der Waals surface area contributed by atoms with Gasteiger partial charge < -0.3 is 9.84 Å². The van der Waals surface area contributed by atoms with Crippen molar-refractivity contribution < 1.29 is 14.6 Å². The number of rotatable bonds is 4. The Bertz CT molecular complexity index is 613. The lowest BCUT2D eigenvalue weighted by Crippen LogP contribution is -2.17. The Morgan fingerprint density at radius 3 is 2.63 bits per heavy atom. The Morgan fingerprint density at radius 1 is 1.26 bits per heavy atom. The summed E-state index contributed by atoms with van der Waals surface area (Å²) in [6.45, 7) is 0. The number of carboxylic acid groups (broad SMARTS) is 1. The topological polar surface area (TPSA) is 46.5 Å². The van der Waals surface area contributed by atoms with Crippen LogP contribution in [0.5, 0.6) is 5.75 Å². The van der Waals surface area contributed by atoms with Crippen molar-refractivity contribution in [3.05, 3.63) is 42.0 Å². The molecule has 100 valence electrons. The van der Waals surface area contributed by atoms with E-state index in [4.69, 9.17) is 9.84 Å². The SMILES string of the molecule is COc1cccc2cc(C(Br)C(Br)C(=O)O)ccc12. The average molecular weight is 388 g/mol. The first-order chi connectivity index (χ1) is 9.04. The highest BCUT2D eigenvalue weighted by molar-refractivity contribution is 9.12. The van der Waals surface area contributed by atoms with E-state index in [2.05, 4.69) is 31.9 Å². The molecule has 0 aliphatic rings. The number of benzene rings is 2. The molecule has 5 heteroatoms. The number of hydrogen-bond donors (Lipinski definition) is 1. The quantitative estimate of drug-likeness (QED) is 0.802. The Kier molecular flexibility index (Phi) is 4.47. The predicted molar refractivity (Wildman–Crippen MR) is 82.5 cm³/mol. The standard InChI is InChI=1S/C14H12Br2O3/c1-19-11-4-2-3-8-7-9(5-6-10(8)11)12(15)13(16)14(17)18/h2-7,12-13H,1H3,(H,17,18). The fourth-order valence-corrected chi connectivity index (χ4v) is 2.73. The molecule has 0 aliphatic carbocycles. The highest BCUT2D eigenvalue weighted by Crippen LogP contribution is 2.34. The van der Waals surface area contributed by atoms with Gasteiger partial charge >= 0.3 is 5.97 Å². The van der Waals surface area contributed by atoms with Gasteiger partial charge in [0.2, 0.25) is 0 Å². The number of methoxy groups -OCH3 is 1. The first-order valence-corrected chi connectivity index (χ1v) is 7.45. The smallest absolute Gasteiger partial charge is 0.318 e. The molecule has 0 radical (unpaired) electrons. The van der Waals surface area contributed by atoms with Crippen LogP contribution in [0.4, 0.5) is 0 Å². The van der Waals surface area contributed by atoms with Crippen molar-refractivity contribution in [1.29, 1.82) is 0 Å². The third-order valence-corrected chi connectivity index (χ3v) is 5.58. The van der Waals surface area contributed by atoms with E-state index < -0.39 is 10.8 Å². The molecular weight excluding hydrogens is 376 g/mol. The van der Waals surface area contributed by atoms with Crippen LogP contribution < -0.4 is 4.74 Å². The molecule has 2 aromatic carbocycles. The number of ether oxygens (including phenoxy) is 1. The lowest BCUT2D eigenvalue weighted by Gasteiger charge is -2.14. The second kappa shape index (κ2) is 5.92. The van der Waals surface area contributed by atoms with Crippen LogP contribution in [0.2, 0.25) is 0 Å². The van der Waals surface area contributed by atoms with Crippen LogP contribution in [0, 0.1) is 0 Å². The lowest BCUT2D eigenvalue weighted by molar-refractivity contribution is -0.136. The Morgan fingerprint density at radius 2 is 2.00 bits per heavy atom. The molecule has 0 aliphatic heterocycles. The van der Waals surface area contributed by atoms with E-state index in [0.29, 0.717) is 0 Å². The highest BCUT2D eigenvalue weighted by Gasteiger charge is 2.24. The maximum absolute atomic E-state index is 11.0. The van der Waals surface area contributed by atoms with Crippen molar-refractivity contribution >= 4 is 48.6 Å². The summed E-state index contributed by atoms with van der Waals surface area (Å²) >= 11 is 6.58. The average Bonchev–Trinajstić information content (AvgIpc) is 2.44. The van der Waals surface area contributed by atoms with Gasteiger partial charge in [0.25, 0.3) is 0 Å². The van der Waals surface area contributed by atoms with E-state index in [1.807, 2.05) is 36.4 Å². The van der Waals surface area contributed by atoms with Crippen LogP contribution in [0.3, 0.4) is 0 Å². The van der Waals surface area contributed by atoms with Gasteiger partial charge in [-0.3, -0.25) is 4.79 Å². The molecule has 0 fully saturated rings. The molecule has 2 rings (SSSR count). The fourth-order valence-electron chi connectivity index (χ4n) is 1.92. The molecule has 0 saturated heterocycles. The van der Waals surface area contributed by atoms with E-state index >= 15 is 0 Å². The predicted octanol–water partition coefficient (Wildman–Crippen LogP) is 4.13. The zero-order chi connectivity index (χ0) is 14.0. The summed E-state index contributed by atoms with van der Waals surface area (Å²) in [4.78, 5) is 10.0. The largest absolute Gasteiger partial charge is 0.496 e. The van der Waals surface area contributed by atoms with Crippen molar-refractivity contribution in [2.75, 3.05) is 7.11 Å². The Hall–Kier alpha value is -1.07. The molecule has 19 heavy (non-hydrogen) atoms. The third kappa shape index (κ3) is 2.92. The van der Waals surface area contributed by atoms with Gasteiger partial charge in [0.1, 0.15) is 10.6 Å². The summed E-state index contributed by atoms with van der Waals surface area (Å²) < 4.78 is 5.30. The number of alkyl halides is 2. The number of fused-ring (bicyclic) bond motifs is 1. The minimum atomic E-state index is -0.896. The van der Waals surface area contributed by atoms with Gasteiger partial charge in [-0.15, -0.1) is 0 Å². The van der Waals surface area contributed by atoms with Crippen LogP contribution in [0.15, 0.2) is 36.4 Å². The number of carbonyl (C=O) groups is 1. The Labute approximate surface area is 127 Å². The fraction of sp³-hybridized carbons (Fsp3) is 0.214. The van der Waals surface area contributed by atoms with Gasteiger partial charge in [0, 0.05) is 5.39 Å². The van der Waals surface area contributed by atoms with Gasteiger partial charge in [0.05, 0.1) is 11.9 Å². The van der Waals surface area contributed by atoms with Crippen molar-refractivity contribution in [3.63, 3.8) is 0 Å². The van der Waals surface area contributed by atoms with Crippen molar-refractivity contribution in [2.45, 2.75) is 9.65 Å². The van der Waals surface area contributed by atoms with E-state index in [1.54, 1.807) is 7.11 Å². The van der Waals surface area contributed by atoms with Gasteiger partial charge in [0.15, 0.2) is 0 Å². The first-order valence-electron chi connectivity index (χ1n) is 5.62. The van der Waals surface area contributed by atoms with E-state index in [1.165, 1.54) is 0 Å². The van der Waals surface area contributed by atoms with Crippen LogP contribution in [-0.2, 0) is 4.79 Å². The Balaban J connectivity index is 2.45. The molecular formula is C14H12Br2O3. The zero-order valence-corrected chi connectivity index (χ0v) is 13.3. The molecule has 0 saturated carbocycles. The van der Waals surface area contributed by atoms with Gasteiger partial charge in [-0.05, 0) is 23.1 Å². The second-order valence-electron chi connectivity index (χ2n) is 4.08. The molecule has 0 amide bonds. The molecule has 0 bridgehead atoms. The normalized spacial score (nSPS) is 14.1. The summed E-state index contributed by atoms with van der Waals surface area (Å²) in [5.41, 5.74) is 0.907. The van der Waals surface area contributed by atoms with E-state index in [-0.39, 0.29) is 4.83 Å². The van der Waals surface area contributed by atoms with Crippen LogP contribution in [0.1, 0.15) is 10.4 Å². The van der Waals surface area contributed by atoms with Crippen molar-refractivity contribution in [1.82, 2.24) is 0 Å². The summed E-state index contributed by atoms with van der Waals surface area (Å²) in [5, 5.41) is 11.0. The molecule has 2 atom stereocenters. The third-order valence-electron chi connectivity index (χ3n) is 2.90. The summed E-state index contributed by atoms with van der Waals surface area (Å²) in [6.07, 6.45) is 0. The molecule has 0 aromatic heterocycles. The minimum absolute atomic E-state index is 0.291. The molecule has 0 spiro atoms. The molecule has 0 heterocycles. The number of carboxylic acids is 1. The van der Waals surface area contributed by atoms with Crippen molar-refractivity contribution in [3.8, 4) is 5.75 Å². The maximum atomic E-state index is 11.0. The van der Waals surface area contributed by atoms with Gasteiger partial charge in [-0.1, -0.05) is 56.1 Å². The van der Waals surface area contributed by atoms with Crippen LogP contribution in [0.25, 0.3) is 10.8 Å². The zero-order valence-electron chi connectivity index (χ0n) is 10.1. The number of hydrogen-bond acceptors (Lipinski definition) is 2. The van der Waals surface area contributed by atoms with Crippen LogP contribution in [-0.4, -0.2) is 23.0 Å². The summed E-state index contributed by atoms with van der Waals surface area (Å²) in [5.74, 6) is -0.0867.